The van der Waals surface area contributed by atoms with Crippen molar-refractivity contribution in [3.05, 3.63) is 54.6 Å². The second-order valence-corrected chi connectivity index (χ2v) is 7.79. The third-order valence-electron chi connectivity index (χ3n) is 3.79. The first-order valence-electron chi connectivity index (χ1n) is 7.97. The van der Waals surface area contributed by atoms with Crippen molar-refractivity contribution >= 4 is 15.7 Å². The van der Waals surface area contributed by atoms with Crippen LogP contribution < -0.4 is 14.8 Å². The number of benzene rings is 2. The van der Waals surface area contributed by atoms with E-state index in [9.17, 15) is 13.2 Å². The molecule has 0 saturated heterocycles. The highest BCUT2D eigenvalue weighted by atomic mass is 32.2. The summed E-state index contributed by atoms with van der Waals surface area (Å²) >= 11 is 0. The molecule has 0 spiro atoms. The Morgan fingerprint density at radius 3 is 2.48 bits per heavy atom. The highest BCUT2D eigenvalue weighted by Gasteiger charge is 2.22. The Morgan fingerprint density at radius 1 is 1.04 bits per heavy atom. The Hall–Kier alpha value is -2.54. The summed E-state index contributed by atoms with van der Waals surface area (Å²) in [5, 5.41) is 2.70. The van der Waals surface area contributed by atoms with E-state index in [1.54, 1.807) is 24.3 Å². The molecular formula is C18H19NO5S. The maximum atomic E-state index is 12.2. The smallest absolute Gasteiger partial charge is 0.221 e. The number of sulfone groups is 1. The molecule has 1 amide bonds. The molecule has 0 radical (unpaired) electrons. The summed E-state index contributed by atoms with van der Waals surface area (Å²) in [4.78, 5) is 12.2. The number of carbonyl (C=O) groups excluding carboxylic acids is 1. The molecule has 7 heteroatoms. The largest absolute Gasteiger partial charge is 0.486 e. The monoisotopic (exact) mass is 361 g/mol. The van der Waals surface area contributed by atoms with Crippen molar-refractivity contribution in [3.8, 4) is 11.5 Å². The number of nitrogens with one attached hydrogen (secondary N) is 1. The zero-order valence-corrected chi connectivity index (χ0v) is 14.4. The molecule has 1 aliphatic rings. The summed E-state index contributed by atoms with van der Waals surface area (Å²) in [6.45, 7) is 0.595. The van der Waals surface area contributed by atoms with Gasteiger partial charge in [0.15, 0.2) is 21.3 Å². The Balaban J connectivity index is 1.46. The van der Waals surface area contributed by atoms with Gasteiger partial charge in [0.2, 0.25) is 5.91 Å². The molecule has 0 saturated carbocycles. The lowest BCUT2D eigenvalue weighted by molar-refractivity contribution is -0.121. The molecule has 2 aromatic rings. The molecule has 1 aliphatic heterocycles. The predicted molar refractivity (Wildman–Crippen MR) is 92.5 cm³/mol. The molecule has 1 unspecified atom stereocenters. The first-order valence-corrected chi connectivity index (χ1v) is 9.63. The van der Waals surface area contributed by atoms with Gasteiger partial charge in [0.1, 0.15) is 12.7 Å². The summed E-state index contributed by atoms with van der Waals surface area (Å²) in [5.41, 5.74) is 0. The highest BCUT2D eigenvalue weighted by molar-refractivity contribution is 7.91. The summed E-state index contributed by atoms with van der Waals surface area (Å²) in [6.07, 6.45) is -0.397. The van der Waals surface area contributed by atoms with E-state index in [-0.39, 0.29) is 35.6 Å². The average Bonchev–Trinajstić information content (AvgIpc) is 2.65. The molecule has 3 rings (SSSR count). The van der Waals surface area contributed by atoms with Crippen LogP contribution in [0.1, 0.15) is 6.42 Å². The molecular weight excluding hydrogens is 342 g/mol. The fourth-order valence-electron chi connectivity index (χ4n) is 2.45. The van der Waals surface area contributed by atoms with Crippen LogP contribution in [0.3, 0.4) is 0 Å². The van der Waals surface area contributed by atoms with Gasteiger partial charge in [-0.1, -0.05) is 30.3 Å². The van der Waals surface area contributed by atoms with E-state index in [1.165, 1.54) is 12.1 Å². The van der Waals surface area contributed by atoms with Gasteiger partial charge in [-0.2, -0.15) is 0 Å². The second-order valence-electron chi connectivity index (χ2n) is 5.68. The molecule has 132 valence electrons. The highest BCUT2D eigenvalue weighted by Crippen LogP contribution is 2.30. The first-order chi connectivity index (χ1) is 12.0. The number of fused-ring (bicyclic) bond motifs is 1. The fourth-order valence-corrected chi connectivity index (χ4v) is 3.71. The number of hydrogen-bond donors (Lipinski definition) is 1. The standard InChI is InChI=1S/C18H19NO5S/c20-18(10-11-25(21,22)15-6-2-1-3-7-15)19-12-14-13-23-16-8-4-5-9-17(16)24-14/h1-9,14H,10-13H2,(H,19,20). The van der Waals surface area contributed by atoms with Crippen molar-refractivity contribution in [1.29, 1.82) is 0 Å². The van der Waals surface area contributed by atoms with Gasteiger partial charge in [0.25, 0.3) is 0 Å². The minimum Gasteiger partial charge on any atom is -0.486 e. The Kier molecular flexibility index (Phi) is 5.23. The van der Waals surface area contributed by atoms with E-state index < -0.39 is 9.84 Å². The van der Waals surface area contributed by atoms with Gasteiger partial charge in [-0.15, -0.1) is 0 Å². The van der Waals surface area contributed by atoms with Gasteiger partial charge in [-0.3, -0.25) is 4.79 Å². The lowest BCUT2D eigenvalue weighted by atomic mass is 10.2. The van der Waals surface area contributed by atoms with Crippen molar-refractivity contribution in [1.82, 2.24) is 5.32 Å². The van der Waals surface area contributed by atoms with Crippen LogP contribution in [0.25, 0.3) is 0 Å². The van der Waals surface area contributed by atoms with Gasteiger partial charge in [0, 0.05) is 6.42 Å². The molecule has 0 bridgehead atoms. The van der Waals surface area contributed by atoms with Crippen LogP contribution in [-0.2, 0) is 14.6 Å². The van der Waals surface area contributed by atoms with Gasteiger partial charge in [-0.05, 0) is 24.3 Å². The van der Waals surface area contributed by atoms with Crippen molar-refractivity contribution < 1.29 is 22.7 Å². The molecule has 0 fully saturated rings. The predicted octanol–water partition coefficient (Wildman–Crippen LogP) is 1.81. The van der Waals surface area contributed by atoms with Gasteiger partial charge in [-0.25, -0.2) is 8.42 Å². The Labute approximate surface area is 146 Å². The molecule has 1 N–H and O–H groups in total. The SMILES string of the molecule is O=C(CCS(=O)(=O)c1ccccc1)NCC1COc2ccccc2O1. The zero-order valence-electron chi connectivity index (χ0n) is 13.6. The average molecular weight is 361 g/mol. The molecule has 1 atom stereocenters. The lowest BCUT2D eigenvalue weighted by Gasteiger charge is -2.26. The van der Waals surface area contributed by atoms with Crippen LogP contribution in [0.15, 0.2) is 59.5 Å². The maximum absolute atomic E-state index is 12.2. The number of hydrogen-bond acceptors (Lipinski definition) is 5. The van der Waals surface area contributed by atoms with Crippen molar-refractivity contribution in [2.24, 2.45) is 0 Å². The van der Waals surface area contributed by atoms with Crippen molar-refractivity contribution in [3.63, 3.8) is 0 Å². The summed E-state index contributed by atoms with van der Waals surface area (Å²) in [7, 11) is -3.46. The van der Waals surface area contributed by atoms with E-state index in [2.05, 4.69) is 5.32 Å². The minimum absolute atomic E-state index is 0.0958. The number of amides is 1. The second kappa shape index (κ2) is 7.57. The van der Waals surface area contributed by atoms with Crippen LogP contribution in [0.2, 0.25) is 0 Å². The third-order valence-corrected chi connectivity index (χ3v) is 5.53. The third kappa shape index (κ3) is 4.51. The zero-order chi connectivity index (χ0) is 17.7. The van der Waals surface area contributed by atoms with Crippen LogP contribution in [0.4, 0.5) is 0 Å². The summed E-state index contributed by atoms with van der Waals surface area (Å²) < 4.78 is 35.6. The van der Waals surface area contributed by atoms with E-state index >= 15 is 0 Å². The van der Waals surface area contributed by atoms with Gasteiger partial charge >= 0.3 is 0 Å². The number of carbonyl (C=O) groups is 1. The van der Waals surface area contributed by atoms with E-state index in [4.69, 9.17) is 9.47 Å². The summed E-state index contributed by atoms with van der Waals surface area (Å²) in [5.74, 6) is 0.758. The Bertz CT molecular complexity index is 836. The van der Waals surface area contributed by atoms with Crippen LogP contribution >= 0.6 is 0 Å². The molecule has 25 heavy (non-hydrogen) atoms. The van der Waals surface area contributed by atoms with Crippen LogP contribution in [-0.4, -0.2) is 39.3 Å². The number of rotatable bonds is 6. The van der Waals surface area contributed by atoms with Crippen molar-refractivity contribution in [2.45, 2.75) is 17.4 Å². The quantitative estimate of drug-likeness (QED) is 0.849. The van der Waals surface area contributed by atoms with Gasteiger partial charge in [0.05, 0.1) is 17.2 Å². The molecule has 1 heterocycles. The topological polar surface area (TPSA) is 81.7 Å². The fraction of sp³-hybridized carbons (Fsp3) is 0.278. The first kappa shape index (κ1) is 17.3. The van der Waals surface area contributed by atoms with Crippen LogP contribution in [0, 0.1) is 0 Å². The van der Waals surface area contributed by atoms with E-state index in [1.807, 2.05) is 18.2 Å². The Morgan fingerprint density at radius 2 is 1.72 bits per heavy atom. The molecule has 0 aliphatic carbocycles. The van der Waals surface area contributed by atoms with Crippen LogP contribution in [0.5, 0.6) is 11.5 Å². The number of para-hydroxylation sites is 2. The summed E-state index contributed by atoms with van der Waals surface area (Å²) in [6, 6.07) is 15.4. The minimum atomic E-state index is -3.46. The maximum Gasteiger partial charge on any atom is 0.221 e. The van der Waals surface area contributed by atoms with Gasteiger partial charge < -0.3 is 14.8 Å². The molecule has 6 nitrogen and oxygen atoms in total. The van der Waals surface area contributed by atoms with E-state index in [0.717, 1.165) is 0 Å². The van der Waals surface area contributed by atoms with Crippen molar-refractivity contribution in [2.75, 3.05) is 18.9 Å². The molecule has 0 aromatic heterocycles. The number of ether oxygens (including phenoxy) is 2. The molecule has 2 aromatic carbocycles. The normalized spacial score (nSPS) is 16.2. The lowest BCUT2D eigenvalue weighted by Crippen LogP contribution is -2.41. The van der Waals surface area contributed by atoms with E-state index in [0.29, 0.717) is 18.1 Å².